The van der Waals surface area contributed by atoms with Crippen molar-refractivity contribution < 1.29 is 5.11 Å². The second kappa shape index (κ2) is 5.89. The normalized spacial score (nSPS) is 42.3. The average molecular weight is 254 g/mol. The van der Waals surface area contributed by atoms with Crippen LogP contribution in [0.5, 0.6) is 0 Å². The van der Waals surface area contributed by atoms with E-state index in [1.54, 1.807) is 0 Å². The number of likely N-dealkylation sites (N-methyl/N-ethyl adjacent to an activating group) is 1. The van der Waals surface area contributed by atoms with E-state index in [1.165, 1.54) is 25.7 Å². The minimum Gasteiger partial charge on any atom is -0.389 e. The summed E-state index contributed by atoms with van der Waals surface area (Å²) in [6.45, 7) is 6.45. The molecule has 3 heteroatoms. The van der Waals surface area contributed by atoms with Gasteiger partial charge in [0.15, 0.2) is 0 Å². The molecule has 0 radical (unpaired) electrons. The predicted molar refractivity (Wildman–Crippen MR) is 75.7 cm³/mol. The maximum Gasteiger partial charge on any atom is 0.0771 e. The van der Waals surface area contributed by atoms with Gasteiger partial charge in [-0.1, -0.05) is 13.3 Å². The van der Waals surface area contributed by atoms with Crippen molar-refractivity contribution in [3.8, 4) is 0 Å². The first kappa shape index (κ1) is 14.3. The highest BCUT2D eigenvalue weighted by Gasteiger charge is 2.34. The molecule has 0 spiro atoms. The molecule has 2 rings (SSSR count). The molecule has 0 aromatic carbocycles. The molecule has 2 N–H and O–H groups in total. The Labute approximate surface area is 112 Å². The van der Waals surface area contributed by atoms with Gasteiger partial charge in [0.1, 0.15) is 0 Å². The summed E-state index contributed by atoms with van der Waals surface area (Å²) >= 11 is 0. The average Bonchev–Trinajstić information content (AvgIpc) is 2.68. The van der Waals surface area contributed by atoms with Crippen LogP contribution in [0.15, 0.2) is 0 Å². The first-order valence-electron chi connectivity index (χ1n) is 7.68. The lowest BCUT2D eigenvalue weighted by Crippen LogP contribution is -2.47. The highest BCUT2D eigenvalue weighted by molar-refractivity contribution is 4.91. The Bertz CT molecular complexity index is 251. The van der Waals surface area contributed by atoms with E-state index < -0.39 is 5.60 Å². The lowest BCUT2D eigenvalue weighted by atomic mass is 9.78. The molecule has 3 nitrogen and oxygen atoms in total. The van der Waals surface area contributed by atoms with E-state index in [-0.39, 0.29) is 0 Å². The topological polar surface area (TPSA) is 35.5 Å². The van der Waals surface area contributed by atoms with E-state index >= 15 is 0 Å². The molecular formula is C15H30N2O. The summed E-state index contributed by atoms with van der Waals surface area (Å²) < 4.78 is 0. The van der Waals surface area contributed by atoms with E-state index in [4.69, 9.17) is 0 Å². The van der Waals surface area contributed by atoms with Gasteiger partial charge < -0.3 is 15.3 Å². The van der Waals surface area contributed by atoms with Gasteiger partial charge in [-0.05, 0) is 52.0 Å². The minimum atomic E-state index is -0.434. The highest BCUT2D eigenvalue weighted by Crippen LogP contribution is 2.33. The van der Waals surface area contributed by atoms with E-state index in [9.17, 15) is 5.11 Å². The quantitative estimate of drug-likeness (QED) is 0.805. The standard InChI is InChI=1S/C15H30N2O/c1-4-13-5-7-15(18,8-6-13)11-16-14-9-12(2)17(3)10-14/h12-14,16,18H,4-11H2,1-3H3. The van der Waals surface area contributed by atoms with Gasteiger partial charge in [0, 0.05) is 25.2 Å². The number of aliphatic hydroxyl groups is 1. The van der Waals surface area contributed by atoms with Gasteiger partial charge in [-0.15, -0.1) is 0 Å². The fourth-order valence-electron chi connectivity index (χ4n) is 3.48. The van der Waals surface area contributed by atoms with Crippen LogP contribution in [0.4, 0.5) is 0 Å². The molecule has 106 valence electrons. The zero-order valence-electron chi connectivity index (χ0n) is 12.3. The molecule has 2 aliphatic rings. The number of likely N-dealkylation sites (tertiary alicyclic amines) is 1. The Kier molecular flexibility index (Phi) is 4.68. The number of hydrogen-bond acceptors (Lipinski definition) is 3. The van der Waals surface area contributed by atoms with Crippen LogP contribution >= 0.6 is 0 Å². The smallest absolute Gasteiger partial charge is 0.0771 e. The van der Waals surface area contributed by atoms with Gasteiger partial charge in [0.05, 0.1) is 5.60 Å². The summed E-state index contributed by atoms with van der Waals surface area (Å²) in [5, 5.41) is 14.2. The Morgan fingerprint density at radius 3 is 2.50 bits per heavy atom. The van der Waals surface area contributed by atoms with Crippen LogP contribution in [0.25, 0.3) is 0 Å². The van der Waals surface area contributed by atoms with E-state index in [0.717, 1.165) is 31.8 Å². The van der Waals surface area contributed by atoms with Crippen molar-refractivity contribution in [3.05, 3.63) is 0 Å². The third-order valence-electron chi connectivity index (χ3n) is 5.22. The van der Waals surface area contributed by atoms with Crippen molar-refractivity contribution in [1.29, 1.82) is 0 Å². The molecule has 1 aliphatic heterocycles. The molecule has 2 unspecified atom stereocenters. The van der Waals surface area contributed by atoms with Crippen LogP contribution in [0, 0.1) is 5.92 Å². The van der Waals surface area contributed by atoms with Crippen molar-refractivity contribution in [2.75, 3.05) is 20.1 Å². The van der Waals surface area contributed by atoms with Gasteiger partial charge >= 0.3 is 0 Å². The molecule has 2 atom stereocenters. The molecule has 1 aliphatic carbocycles. The number of rotatable bonds is 4. The van der Waals surface area contributed by atoms with Gasteiger partial charge in [0.25, 0.3) is 0 Å². The maximum atomic E-state index is 10.6. The maximum absolute atomic E-state index is 10.6. The molecule has 0 aromatic rings. The number of nitrogens with zero attached hydrogens (tertiary/aromatic N) is 1. The van der Waals surface area contributed by atoms with Gasteiger partial charge in [-0.25, -0.2) is 0 Å². The molecule has 2 fully saturated rings. The minimum absolute atomic E-state index is 0.434. The highest BCUT2D eigenvalue weighted by atomic mass is 16.3. The van der Waals surface area contributed by atoms with Crippen LogP contribution in [0.1, 0.15) is 52.4 Å². The van der Waals surface area contributed by atoms with Crippen LogP contribution in [0.3, 0.4) is 0 Å². The van der Waals surface area contributed by atoms with Crippen LogP contribution < -0.4 is 5.32 Å². The Morgan fingerprint density at radius 2 is 2.00 bits per heavy atom. The Morgan fingerprint density at radius 1 is 1.33 bits per heavy atom. The molecule has 0 amide bonds. The number of nitrogens with one attached hydrogen (secondary N) is 1. The molecule has 1 saturated carbocycles. The second-order valence-corrected chi connectivity index (χ2v) is 6.68. The van der Waals surface area contributed by atoms with E-state index in [0.29, 0.717) is 12.1 Å². The zero-order valence-corrected chi connectivity index (χ0v) is 12.3. The van der Waals surface area contributed by atoms with Crippen LogP contribution in [-0.2, 0) is 0 Å². The molecular weight excluding hydrogens is 224 g/mol. The third kappa shape index (κ3) is 3.46. The summed E-state index contributed by atoms with van der Waals surface area (Å²) in [4.78, 5) is 2.40. The van der Waals surface area contributed by atoms with Crippen molar-refractivity contribution in [2.45, 2.75) is 70.1 Å². The lowest BCUT2D eigenvalue weighted by Gasteiger charge is -2.36. The van der Waals surface area contributed by atoms with Crippen molar-refractivity contribution >= 4 is 0 Å². The fourth-order valence-corrected chi connectivity index (χ4v) is 3.48. The fraction of sp³-hybridized carbons (Fsp3) is 1.00. The van der Waals surface area contributed by atoms with Crippen molar-refractivity contribution in [3.63, 3.8) is 0 Å². The third-order valence-corrected chi connectivity index (χ3v) is 5.22. The van der Waals surface area contributed by atoms with Gasteiger partial charge in [-0.2, -0.15) is 0 Å². The summed E-state index contributed by atoms with van der Waals surface area (Å²) in [5.74, 6) is 0.850. The Balaban J connectivity index is 1.73. The molecule has 1 saturated heterocycles. The van der Waals surface area contributed by atoms with E-state index in [1.807, 2.05) is 0 Å². The first-order valence-corrected chi connectivity index (χ1v) is 7.68. The van der Waals surface area contributed by atoms with Crippen LogP contribution in [-0.4, -0.2) is 47.8 Å². The summed E-state index contributed by atoms with van der Waals surface area (Å²) in [6, 6.07) is 1.24. The Hall–Kier alpha value is -0.120. The molecule has 0 bridgehead atoms. The zero-order chi connectivity index (χ0) is 13.2. The summed E-state index contributed by atoms with van der Waals surface area (Å²) in [6.07, 6.45) is 6.86. The van der Waals surface area contributed by atoms with Gasteiger partial charge in [-0.3, -0.25) is 0 Å². The van der Waals surface area contributed by atoms with Crippen molar-refractivity contribution in [1.82, 2.24) is 10.2 Å². The first-order chi connectivity index (χ1) is 8.52. The predicted octanol–water partition coefficient (Wildman–Crippen LogP) is 2.00. The molecule has 0 aromatic heterocycles. The monoisotopic (exact) mass is 254 g/mol. The van der Waals surface area contributed by atoms with E-state index in [2.05, 4.69) is 31.1 Å². The van der Waals surface area contributed by atoms with Crippen molar-refractivity contribution in [2.24, 2.45) is 5.92 Å². The number of hydrogen-bond donors (Lipinski definition) is 2. The SMILES string of the molecule is CCC1CCC(O)(CNC2CC(C)N(C)C2)CC1. The summed E-state index contributed by atoms with van der Waals surface area (Å²) in [5.41, 5.74) is -0.434. The van der Waals surface area contributed by atoms with Gasteiger partial charge in [0.2, 0.25) is 0 Å². The lowest BCUT2D eigenvalue weighted by molar-refractivity contribution is -0.0104. The second-order valence-electron chi connectivity index (χ2n) is 6.68. The van der Waals surface area contributed by atoms with Crippen LogP contribution in [0.2, 0.25) is 0 Å². The molecule has 1 heterocycles. The molecule has 18 heavy (non-hydrogen) atoms. The summed E-state index contributed by atoms with van der Waals surface area (Å²) in [7, 11) is 2.19. The largest absolute Gasteiger partial charge is 0.389 e.